The van der Waals surface area contributed by atoms with E-state index in [1.54, 1.807) is 28.9 Å². The van der Waals surface area contributed by atoms with Gasteiger partial charge in [0.15, 0.2) is 5.65 Å². The Morgan fingerprint density at radius 1 is 1.19 bits per heavy atom. The first-order valence-corrected chi connectivity index (χ1v) is 10.7. The van der Waals surface area contributed by atoms with E-state index in [2.05, 4.69) is 42.7 Å². The predicted octanol–water partition coefficient (Wildman–Crippen LogP) is 4.85. The summed E-state index contributed by atoms with van der Waals surface area (Å²) in [6.45, 7) is 0.961. The molecule has 0 aliphatic carbocycles. The third kappa shape index (κ3) is 5.99. The number of fused-ring (bicyclic) bond motifs is 1. The third-order valence-corrected chi connectivity index (χ3v) is 5.21. The third-order valence-electron chi connectivity index (χ3n) is 4.42. The maximum absolute atomic E-state index is 12.1. The molecule has 0 saturated heterocycles. The molecule has 0 radical (unpaired) electrons. The molecule has 162 valence electrons. The second-order valence-corrected chi connectivity index (χ2v) is 7.93. The van der Waals surface area contributed by atoms with E-state index in [1.807, 2.05) is 42.5 Å². The summed E-state index contributed by atoms with van der Waals surface area (Å²) >= 11 is 9.45. The van der Waals surface area contributed by atoms with Crippen molar-refractivity contribution in [1.82, 2.24) is 19.9 Å². The van der Waals surface area contributed by atoms with Gasteiger partial charge in [-0.05, 0) is 51.5 Å². The maximum atomic E-state index is 12.1. The zero-order valence-electron chi connectivity index (χ0n) is 16.8. The van der Waals surface area contributed by atoms with Gasteiger partial charge in [-0.3, -0.25) is 9.78 Å². The van der Waals surface area contributed by atoms with Gasteiger partial charge in [0.2, 0.25) is 5.91 Å². The first kappa shape index (κ1) is 24.0. The number of halogens is 2. The molecular weight excluding hydrogens is 530 g/mol. The number of amides is 1. The van der Waals surface area contributed by atoms with Crippen LogP contribution in [0.25, 0.3) is 23.0 Å². The largest absolute Gasteiger partial charge is 0.369 e. The average Bonchev–Trinajstić information content (AvgIpc) is 3.17. The van der Waals surface area contributed by atoms with Gasteiger partial charge in [0.05, 0.1) is 10.7 Å². The van der Waals surface area contributed by atoms with Crippen LogP contribution in [0.1, 0.15) is 5.56 Å². The van der Waals surface area contributed by atoms with Crippen LogP contribution >= 0.6 is 27.5 Å². The van der Waals surface area contributed by atoms with E-state index >= 15 is 0 Å². The van der Waals surface area contributed by atoms with Crippen LogP contribution in [0.15, 0.2) is 71.3 Å². The smallest absolute Gasteiger partial charge is 0.244 e. The number of aromatic nitrogens is 3. The molecule has 4 aromatic rings. The van der Waals surface area contributed by atoms with Gasteiger partial charge in [-0.15, -0.1) is 35.9 Å². The van der Waals surface area contributed by atoms with E-state index < -0.39 is 0 Å². The number of nitrogens with one attached hydrogen (secondary N) is 2. The normalized spacial score (nSPS) is 10.8. The van der Waals surface area contributed by atoms with Crippen molar-refractivity contribution < 1.29 is 22.2 Å². The van der Waals surface area contributed by atoms with Gasteiger partial charge in [-0.1, -0.05) is 23.7 Å². The zero-order valence-corrected chi connectivity index (χ0v) is 20.4. The molecule has 0 aliphatic rings. The van der Waals surface area contributed by atoms with Gasteiger partial charge >= 0.3 is 0 Å². The molecule has 0 bridgehead atoms. The fourth-order valence-electron chi connectivity index (χ4n) is 2.97. The van der Waals surface area contributed by atoms with Gasteiger partial charge in [0, 0.05) is 41.5 Å². The molecule has 2 heterocycles. The Hall–Kier alpha value is -2.63. The monoisotopic (exact) mass is 546 g/mol. The van der Waals surface area contributed by atoms with Crippen molar-refractivity contribution in [1.29, 1.82) is 0 Å². The van der Waals surface area contributed by atoms with Gasteiger partial charge in [-0.25, -0.2) is 0 Å². The van der Waals surface area contributed by atoms with Crippen LogP contribution in [-0.4, -0.2) is 33.6 Å². The first-order chi connectivity index (χ1) is 15.1. The molecule has 0 fully saturated rings. The van der Waals surface area contributed by atoms with Gasteiger partial charge in [0.25, 0.3) is 0 Å². The molecule has 0 saturated carbocycles. The number of carbonyl (C=O) groups is 1. The molecule has 0 unspecified atom stereocenters. The second kappa shape index (κ2) is 11.3. The maximum Gasteiger partial charge on any atom is 0.244 e. The molecule has 9 heteroatoms. The Labute approximate surface area is 210 Å². The van der Waals surface area contributed by atoms with Crippen molar-refractivity contribution in [3.05, 3.63) is 88.0 Å². The van der Waals surface area contributed by atoms with Crippen LogP contribution in [0.5, 0.6) is 0 Å². The zero-order chi connectivity index (χ0) is 21.6. The Morgan fingerprint density at radius 2 is 2.06 bits per heavy atom. The van der Waals surface area contributed by atoms with E-state index in [9.17, 15) is 4.79 Å². The number of nitrogens with zero attached hydrogens (tertiary/aromatic N) is 3. The van der Waals surface area contributed by atoms with E-state index in [4.69, 9.17) is 11.6 Å². The van der Waals surface area contributed by atoms with Gasteiger partial charge < -0.3 is 10.6 Å². The molecule has 2 aromatic heterocycles. The standard InChI is InChI=1S/C23H18BrClN5O.Cr/c24-19-15-28-30-21(14-20(29-23(19)30)17-6-2-1-3-7-17)26-11-12-27-22(31)10-9-16-5-4-8-18(25)13-16;/h1-6,8-10,13-15,26H,11-12H2,(H,27,31);/q-1;/b10-9+;. The van der Waals surface area contributed by atoms with Crippen LogP contribution in [0.4, 0.5) is 5.82 Å². The van der Waals surface area contributed by atoms with Crippen LogP contribution in [-0.2, 0) is 22.2 Å². The number of hydrogen-bond donors (Lipinski definition) is 2. The molecule has 32 heavy (non-hydrogen) atoms. The van der Waals surface area contributed by atoms with Crippen molar-refractivity contribution in [2.45, 2.75) is 0 Å². The summed E-state index contributed by atoms with van der Waals surface area (Å²) in [4.78, 5) is 16.7. The molecule has 4 rings (SSSR count). The summed E-state index contributed by atoms with van der Waals surface area (Å²) in [7, 11) is 0. The van der Waals surface area contributed by atoms with Crippen LogP contribution < -0.4 is 10.6 Å². The summed E-state index contributed by atoms with van der Waals surface area (Å²) in [5.41, 5.74) is 3.24. The van der Waals surface area contributed by atoms with E-state index in [1.165, 1.54) is 6.08 Å². The topological polar surface area (TPSA) is 71.3 Å². The molecule has 2 aromatic carbocycles. The fourth-order valence-corrected chi connectivity index (χ4v) is 3.52. The van der Waals surface area contributed by atoms with Gasteiger partial charge in [0.1, 0.15) is 5.82 Å². The van der Waals surface area contributed by atoms with Crippen molar-refractivity contribution in [2.75, 3.05) is 18.4 Å². The van der Waals surface area contributed by atoms with Crippen molar-refractivity contribution in [2.24, 2.45) is 0 Å². The second-order valence-electron chi connectivity index (χ2n) is 6.64. The predicted molar refractivity (Wildman–Crippen MR) is 127 cm³/mol. The SMILES string of the molecule is O=C(/C=C/c1cccc(Cl)c1)NCCNc1cc(-c2[c-]cccc2)nc2c(Br)cnn12.[Cr]. The van der Waals surface area contributed by atoms with Crippen LogP contribution in [0.3, 0.4) is 0 Å². The van der Waals surface area contributed by atoms with E-state index in [-0.39, 0.29) is 23.3 Å². The molecule has 0 spiro atoms. The minimum absolute atomic E-state index is 0. The Morgan fingerprint density at radius 3 is 2.84 bits per heavy atom. The summed E-state index contributed by atoms with van der Waals surface area (Å²) < 4.78 is 2.52. The molecule has 0 aliphatic heterocycles. The van der Waals surface area contributed by atoms with Crippen molar-refractivity contribution in [3.63, 3.8) is 0 Å². The summed E-state index contributed by atoms with van der Waals surface area (Å²) in [6, 6.07) is 20.1. The summed E-state index contributed by atoms with van der Waals surface area (Å²) in [5, 5.41) is 11.2. The average molecular weight is 548 g/mol. The van der Waals surface area contributed by atoms with E-state index in [0.717, 1.165) is 27.1 Å². The molecule has 6 nitrogen and oxygen atoms in total. The number of benzene rings is 2. The minimum Gasteiger partial charge on any atom is -0.369 e. The molecule has 1 amide bonds. The summed E-state index contributed by atoms with van der Waals surface area (Å²) in [5.74, 6) is 0.592. The van der Waals surface area contributed by atoms with E-state index in [0.29, 0.717) is 23.8 Å². The molecule has 2 N–H and O–H groups in total. The van der Waals surface area contributed by atoms with Crippen molar-refractivity contribution in [3.8, 4) is 11.3 Å². The Balaban J connectivity index is 0.00000289. The van der Waals surface area contributed by atoms with Gasteiger partial charge in [-0.2, -0.15) is 9.61 Å². The number of carbonyl (C=O) groups excluding carboxylic acids is 1. The molecular formula is C23H18BrClCrN5O-. The van der Waals surface area contributed by atoms with Crippen LogP contribution in [0, 0.1) is 6.07 Å². The van der Waals surface area contributed by atoms with Crippen molar-refractivity contribution >= 4 is 51.0 Å². The number of rotatable bonds is 7. The fraction of sp³-hybridized carbons (Fsp3) is 0.0870. The summed E-state index contributed by atoms with van der Waals surface area (Å²) in [6.07, 6.45) is 4.92. The number of anilines is 1. The Kier molecular flexibility index (Phi) is 8.48. The first-order valence-electron chi connectivity index (χ1n) is 9.57. The minimum atomic E-state index is -0.178. The molecule has 0 atom stereocenters. The van der Waals surface area contributed by atoms with Crippen LogP contribution in [0.2, 0.25) is 5.02 Å². The quantitative estimate of drug-likeness (QED) is 0.197. The Bertz CT molecular complexity index is 1250. The number of hydrogen-bond acceptors (Lipinski definition) is 4.